The van der Waals surface area contributed by atoms with Crippen molar-refractivity contribution in [1.29, 1.82) is 0 Å². The summed E-state index contributed by atoms with van der Waals surface area (Å²) in [6.07, 6.45) is 6.61. The van der Waals surface area contributed by atoms with E-state index in [1.54, 1.807) is 0 Å². The predicted octanol–water partition coefficient (Wildman–Crippen LogP) is 5.82. The number of rotatable bonds is 2. The van der Waals surface area contributed by atoms with Gasteiger partial charge in [-0.3, -0.25) is 4.79 Å². The lowest BCUT2D eigenvalue weighted by Crippen LogP contribution is -2.59. The highest BCUT2D eigenvalue weighted by atomic mass is 16.8. The third-order valence-corrected chi connectivity index (χ3v) is 7.18. The highest BCUT2D eigenvalue weighted by Crippen LogP contribution is 2.62. The Balaban J connectivity index is 1.69. The number of ketones is 1. The van der Waals surface area contributed by atoms with E-state index >= 15 is 0 Å². The molecule has 2 saturated heterocycles. The van der Waals surface area contributed by atoms with Gasteiger partial charge in [0.1, 0.15) is 5.60 Å². The summed E-state index contributed by atoms with van der Waals surface area (Å²) >= 11 is 0. The van der Waals surface area contributed by atoms with Crippen LogP contribution in [0.1, 0.15) is 51.2 Å². The first-order valence-corrected chi connectivity index (χ1v) is 10.8. The van der Waals surface area contributed by atoms with E-state index in [-0.39, 0.29) is 5.78 Å². The number of carbonyl (C=O) groups excluding carboxylic acids is 1. The molecule has 0 unspecified atom stereocenters. The summed E-state index contributed by atoms with van der Waals surface area (Å²) in [4.78, 5) is 13.5. The van der Waals surface area contributed by atoms with Gasteiger partial charge in [0.25, 0.3) is 0 Å². The zero-order valence-electron chi connectivity index (χ0n) is 17.9. The van der Waals surface area contributed by atoms with Gasteiger partial charge in [-0.2, -0.15) is 0 Å². The van der Waals surface area contributed by atoms with Crippen LogP contribution >= 0.6 is 0 Å². The van der Waals surface area contributed by atoms with Gasteiger partial charge in [-0.05, 0) is 62.3 Å². The Morgan fingerprint density at radius 1 is 0.833 bits per heavy atom. The van der Waals surface area contributed by atoms with E-state index in [1.807, 2.05) is 57.2 Å². The summed E-state index contributed by atoms with van der Waals surface area (Å²) in [6.45, 7) is 5.80. The van der Waals surface area contributed by atoms with Gasteiger partial charge in [0, 0.05) is 0 Å². The first-order valence-electron chi connectivity index (χ1n) is 10.8. The second kappa shape index (κ2) is 6.76. The molecule has 1 spiro atoms. The fourth-order valence-electron chi connectivity index (χ4n) is 5.13. The molecule has 2 aromatic rings. The predicted molar refractivity (Wildman–Crippen MR) is 119 cm³/mol. The van der Waals surface area contributed by atoms with Crippen LogP contribution in [0.5, 0.6) is 0 Å². The van der Waals surface area contributed by atoms with Crippen LogP contribution in [0, 0.1) is 5.41 Å². The maximum Gasteiger partial charge on any atom is 0.180 e. The van der Waals surface area contributed by atoms with Crippen LogP contribution < -0.4 is 0 Å². The first kappa shape index (κ1) is 19.5. The van der Waals surface area contributed by atoms with Gasteiger partial charge in [-0.1, -0.05) is 72.8 Å². The van der Waals surface area contributed by atoms with Crippen LogP contribution in [0.3, 0.4) is 0 Å². The Morgan fingerprint density at radius 2 is 1.33 bits per heavy atom. The van der Waals surface area contributed by atoms with Crippen LogP contribution in [-0.2, 0) is 14.3 Å². The first-order chi connectivity index (χ1) is 14.4. The van der Waals surface area contributed by atoms with Crippen LogP contribution in [0.15, 0.2) is 71.8 Å². The molecule has 2 aliphatic heterocycles. The van der Waals surface area contributed by atoms with E-state index in [9.17, 15) is 4.79 Å². The Hall–Kier alpha value is -2.49. The Bertz CT molecular complexity index is 975. The molecule has 0 amide bonds. The van der Waals surface area contributed by atoms with Gasteiger partial charge >= 0.3 is 0 Å². The van der Waals surface area contributed by atoms with Crippen LogP contribution in [0.2, 0.25) is 0 Å². The number of ether oxygens (including phenoxy) is 2. The van der Waals surface area contributed by atoms with Crippen molar-refractivity contribution in [2.75, 3.05) is 0 Å². The van der Waals surface area contributed by atoms with Crippen molar-refractivity contribution in [3.8, 4) is 0 Å². The smallest absolute Gasteiger partial charge is 0.180 e. The van der Waals surface area contributed by atoms with E-state index in [2.05, 4.69) is 36.4 Å². The maximum absolute atomic E-state index is 13.5. The highest BCUT2D eigenvalue weighted by Gasteiger charge is 2.74. The number of fused-ring (bicyclic) bond motifs is 3. The Morgan fingerprint density at radius 3 is 1.77 bits per heavy atom. The van der Waals surface area contributed by atoms with Crippen LogP contribution in [0.25, 0.3) is 12.2 Å². The van der Waals surface area contributed by atoms with Crippen molar-refractivity contribution in [2.45, 2.75) is 57.5 Å². The van der Waals surface area contributed by atoms with Gasteiger partial charge in [-0.15, -0.1) is 0 Å². The van der Waals surface area contributed by atoms with Crippen molar-refractivity contribution in [2.24, 2.45) is 5.41 Å². The van der Waals surface area contributed by atoms with E-state index in [0.29, 0.717) is 0 Å². The highest BCUT2D eigenvalue weighted by molar-refractivity contribution is 5.95. The quantitative estimate of drug-likeness (QED) is 0.637. The summed E-state index contributed by atoms with van der Waals surface area (Å²) in [5.41, 5.74) is 3.02. The lowest BCUT2D eigenvalue weighted by atomic mass is 9.65. The number of benzene rings is 2. The van der Waals surface area contributed by atoms with Crippen molar-refractivity contribution in [1.82, 2.24) is 0 Å². The van der Waals surface area contributed by atoms with Crippen molar-refractivity contribution >= 4 is 17.9 Å². The van der Waals surface area contributed by atoms with Gasteiger partial charge in [0.15, 0.2) is 17.7 Å². The number of hydrogen-bond acceptors (Lipinski definition) is 3. The van der Waals surface area contributed by atoms with Crippen molar-refractivity contribution in [3.05, 3.63) is 82.9 Å². The number of Topliss-reactive ketones (excluding diaryl/α,β-unsaturated/α-hetero) is 1. The third-order valence-electron chi connectivity index (χ3n) is 7.18. The average molecular weight is 401 g/mol. The standard InChI is InChI=1S/C27H28O3/c1-25(2)23(28)24-27(30-26(25,3)29-24)21(17-19-11-6-4-7-12-19)15-10-16-22(27)18-20-13-8-5-9-14-20/h4-9,11-14,17-18,24H,10,15-16H2,1-3H3/b21-17+,22-18+/t24-,26-/m0/s1. The zero-order valence-corrected chi connectivity index (χ0v) is 17.9. The second-order valence-electron chi connectivity index (χ2n) is 9.28. The van der Waals surface area contributed by atoms with Crippen LogP contribution in [0.4, 0.5) is 0 Å². The molecular formula is C27H28O3. The molecule has 3 fully saturated rings. The van der Waals surface area contributed by atoms with Gasteiger partial charge in [0.2, 0.25) is 0 Å². The minimum absolute atomic E-state index is 0.135. The molecule has 5 rings (SSSR count). The topological polar surface area (TPSA) is 35.5 Å². The molecule has 154 valence electrons. The minimum Gasteiger partial charge on any atom is -0.334 e. The van der Waals surface area contributed by atoms with E-state index in [4.69, 9.17) is 9.47 Å². The fraction of sp³-hybridized carbons (Fsp3) is 0.370. The summed E-state index contributed by atoms with van der Waals surface area (Å²) < 4.78 is 13.2. The molecular weight excluding hydrogens is 372 g/mol. The summed E-state index contributed by atoms with van der Waals surface area (Å²) in [7, 11) is 0. The minimum atomic E-state index is -0.933. The molecule has 0 radical (unpaired) electrons. The molecule has 2 aromatic carbocycles. The third kappa shape index (κ3) is 2.69. The molecule has 3 aliphatic rings. The molecule has 1 aliphatic carbocycles. The average Bonchev–Trinajstić information content (AvgIpc) is 3.15. The monoisotopic (exact) mass is 400 g/mol. The SMILES string of the molecule is CC1(C)C(=O)[C@@H]2O[C@@]1(C)OC21/C(=C/c2ccccc2)CCC/C1=C\c1ccccc1. The summed E-state index contributed by atoms with van der Waals surface area (Å²) in [5, 5.41) is 0. The van der Waals surface area contributed by atoms with Crippen molar-refractivity contribution in [3.63, 3.8) is 0 Å². The van der Waals surface area contributed by atoms with Gasteiger partial charge < -0.3 is 9.47 Å². The molecule has 3 heteroatoms. The van der Waals surface area contributed by atoms with Gasteiger partial charge in [-0.25, -0.2) is 0 Å². The largest absolute Gasteiger partial charge is 0.334 e. The molecule has 2 bridgehead atoms. The van der Waals surface area contributed by atoms with E-state index in [1.165, 1.54) is 0 Å². The molecule has 0 aromatic heterocycles. The Labute approximate surface area is 178 Å². The van der Waals surface area contributed by atoms with Gasteiger partial charge in [0.05, 0.1) is 5.41 Å². The van der Waals surface area contributed by atoms with Crippen LogP contribution in [-0.4, -0.2) is 23.3 Å². The molecule has 2 atom stereocenters. The molecule has 2 heterocycles. The van der Waals surface area contributed by atoms with E-state index < -0.39 is 22.9 Å². The number of carbonyl (C=O) groups is 1. The van der Waals surface area contributed by atoms with Crippen molar-refractivity contribution < 1.29 is 14.3 Å². The fourth-order valence-corrected chi connectivity index (χ4v) is 5.13. The summed E-state index contributed by atoms with van der Waals surface area (Å²) in [6, 6.07) is 20.6. The number of hydrogen-bond donors (Lipinski definition) is 0. The molecule has 0 N–H and O–H groups in total. The maximum atomic E-state index is 13.5. The van der Waals surface area contributed by atoms with E-state index in [0.717, 1.165) is 41.5 Å². The lowest BCUT2D eigenvalue weighted by Gasteiger charge is -2.47. The summed E-state index contributed by atoms with van der Waals surface area (Å²) in [5.74, 6) is -0.798. The molecule has 1 saturated carbocycles. The second-order valence-corrected chi connectivity index (χ2v) is 9.28. The molecule has 3 nitrogen and oxygen atoms in total. The lowest BCUT2D eigenvalue weighted by molar-refractivity contribution is -0.210. The Kier molecular flexibility index (Phi) is 4.39. The molecule has 30 heavy (non-hydrogen) atoms. The zero-order chi connectivity index (χ0) is 21.0. The normalized spacial score (nSPS) is 34.9.